The molecule has 0 spiro atoms. The SMILES string of the molecule is CCOC(=O)N1CCC(NC(N)=NCC2(c3ccccc3)CCOCC2)CC1. The molecule has 0 atom stereocenters. The molecule has 2 aliphatic heterocycles. The molecule has 0 unspecified atom stereocenters. The summed E-state index contributed by atoms with van der Waals surface area (Å²) in [5.41, 5.74) is 7.49. The summed E-state index contributed by atoms with van der Waals surface area (Å²) in [5, 5.41) is 3.34. The van der Waals surface area contributed by atoms with E-state index in [2.05, 4.69) is 29.6 Å². The molecule has 0 bridgehead atoms. The van der Waals surface area contributed by atoms with Gasteiger partial charge in [0.15, 0.2) is 5.96 Å². The first-order valence-electron chi connectivity index (χ1n) is 10.2. The molecule has 7 heteroatoms. The first kappa shape index (κ1) is 20.5. The lowest BCUT2D eigenvalue weighted by molar-refractivity contribution is 0.0531. The molecule has 1 amide bonds. The van der Waals surface area contributed by atoms with Crippen LogP contribution >= 0.6 is 0 Å². The summed E-state index contributed by atoms with van der Waals surface area (Å²) in [5.74, 6) is 0.483. The van der Waals surface area contributed by atoms with Crippen LogP contribution in [0.4, 0.5) is 4.79 Å². The van der Waals surface area contributed by atoms with Crippen molar-refractivity contribution in [2.75, 3.05) is 39.5 Å². The summed E-state index contributed by atoms with van der Waals surface area (Å²) >= 11 is 0. The van der Waals surface area contributed by atoms with Crippen molar-refractivity contribution < 1.29 is 14.3 Å². The Balaban J connectivity index is 1.55. The smallest absolute Gasteiger partial charge is 0.409 e. The van der Waals surface area contributed by atoms with Crippen LogP contribution in [0.25, 0.3) is 0 Å². The summed E-state index contributed by atoms with van der Waals surface area (Å²) < 4.78 is 10.6. The Kier molecular flexibility index (Phi) is 7.14. The molecule has 0 aromatic heterocycles. The molecule has 3 rings (SSSR count). The zero-order valence-corrected chi connectivity index (χ0v) is 16.7. The van der Waals surface area contributed by atoms with Gasteiger partial charge in [0.05, 0.1) is 13.2 Å². The van der Waals surface area contributed by atoms with Gasteiger partial charge in [-0.15, -0.1) is 0 Å². The standard InChI is InChI=1S/C21H32N4O3/c1-2-28-20(26)25-12-8-18(9-13-25)24-19(22)23-16-21(10-14-27-15-11-21)17-6-4-3-5-7-17/h3-7,18H,2,8-16H2,1H3,(H3,22,23,24). The van der Waals surface area contributed by atoms with Crippen LogP contribution in [-0.2, 0) is 14.9 Å². The van der Waals surface area contributed by atoms with Crippen molar-refractivity contribution >= 4 is 12.1 Å². The van der Waals surface area contributed by atoms with Crippen LogP contribution in [0.1, 0.15) is 38.2 Å². The monoisotopic (exact) mass is 388 g/mol. The first-order valence-corrected chi connectivity index (χ1v) is 10.2. The molecule has 0 radical (unpaired) electrons. The van der Waals surface area contributed by atoms with Gasteiger partial charge in [-0.1, -0.05) is 30.3 Å². The summed E-state index contributed by atoms with van der Waals surface area (Å²) in [6.07, 6.45) is 3.35. The first-order chi connectivity index (χ1) is 13.6. The van der Waals surface area contributed by atoms with E-state index < -0.39 is 0 Å². The Bertz CT molecular complexity index is 651. The maximum atomic E-state index is 11.8. The van der Waals surface area contributed by atoms with Crippen LogP contribution in [-0.4, -0.2) is 62.4 Å². The summed E-state index contributed by atoms with van der Waals surface area (Å²) in [6, 6.07) is 10.8. The van der Waals surface area contributed by atoms with E-state index in [1.165, 1.54) is 5.56 Å². The molecule has 2 heterocycles. The molecule has 0 saturated carbocycles. The third-order valence-electron chi connectivity index (χ3n) is 5.76. The van der Waals surface area contributed by atoms with Crippen molar-refractivity contribution in [2.24, 2.45) is 10.7 Å². The number of hydrogen-bond donors (Lipinski definition) is 2. The number of nitrogens with zero attached hydrogens (tertiary/aromatic N) is 2. The Labute approximate surface area is 167 Å². The van der Waals surface area contributed by atoms with E-state index in [1.54, 1.807) is 4.90 Å². The van der Waals surface area contributed by atoms with Crippen LogP contribution in [0.15, 0.2) is 35.3 Å². The molecule has 154 valence electrons. The van der Waals surface area contributed by atoms with Crippen LogP contribution < -0.4 is 11.1 Å². The normalized spacial score (nSPS) is 20.6. The number of amides is 1. The van der Waals surface area contributed by atoms with Gasteiger partial charge in [-0.05, 0) is 38.2 Å². The summed E-state index contributed by atoms with van der Waals surface area (Å²) in [7, 11) is 0. The van der Waals surface area contributed by atoms with Gasteiger partial charge >= 0.3 is 6.09 Å². The van der Waals surface area contributed by atoms with E-state index in [9.17, 15) is 4.79 Å². The predicted octanol–water partition coefficient (Wildman–Crippen LogP) is 2.26. The van der Waals surface area contributed by atoms with E-state index in [0.29, 0.717) is 32.2 Å². The fourth-order valence-corrected chi connectivity index (χ4v) is 4.00. The second kappa shape index (κ2) is 9.78. The number of nitrogens with one attached hydrogen (secondary N) is 1. The second-order valence-corrected chi connectivity index (χ2v) is 7.56. The largest absolute Gasteiger partial charge is 0.450 e. The number of piperidine rings is 1. The molecule has 1 aromatic carbocycles. The average Bonchev–Trinajstić information content (AvgIpc) is 2.74. The van der Waals surface area contributed by atoms with E-state index >= 15 is 0 Å². The maximum absolute atomic E-state index is 11.8. The van der Waals surface area contributed by atoms with Crippen LogP contribution in [0.3, 0.4) is 0 Å². The highest BCUT2D eigenvalue weighted by molar-refractivity contribution is 5.78. The van der Waals surface area contributed by atoms with Crippen molar-refractivity contribution in [3.8, 4) is 0 Å². The molecule has 28 heavy (non-hydrogen) atoms. The predicted molar refractivity (Wildman–Crippen MR) is 109 cm³/mol. The van der Waals surface area contributed by atoms with Crippen molar-refractivity contribution in [1.29, 1.82) is 0 Å². The number of nitrogens with two attached hydrogens (primary N) is 1. The number of guanidine groups is 1. The van der Waals surface area contributed by atoms with Gasteiger partial charge < -0.3 is 25.4 Å². The number of ether oxygens (including phenoxy) is 2. The van der Waals surface area contributed by atoms with Gasteiger partial charge in [0.2, 0.25) is 0 Å². The van der Waals surface area contributed by atoms with Gasteiger partial charge in [0.25, 0.3) is 0 Å². The molecule has 0 aliphatic carbocycles. The van der Waals surface area contributed by atoms with E-state index in [4.69, 9.17) is 20.2 Å². The highest BCUT2D eigenvalue weighted by Gasteiger charge is 2.34. The van der Waals surface area contributed by atoms with Crippen molar-refractivity contribution in [1.82, 2.24) is 10.2 Å². The lowest BCUT2D eigenvalue weighted by atomic mass is 9.74. The zero-order valence-electron chi connectivity index (χ0n) is 16.7. The lowest BCUT2D eigenvalue weighted by Crippen LogP contribution is -2.49. The zero-order chi connectivity index (χ0) is 19.8. The molecule has 7 nitrogen and oxygen atoms in total. The highest BCUT2D eigenvalue weighted by Crippen LogP contribution is 2.35. The fourth-order valence-electron chi connectivity index (χ4n) is 4.00. The number of hydrogen-bond acceptors (Lipinski definition) is 4. The van der Waals surface area contributed by atoms with E-state index in [0.717, 1.165) is 38.9 Å². The quantitative estimate of drug-likeness (QED) is 0.597. The van der Waals surface area contributed by atoms with Crippen molar-refractivity contribution in [2.45, 2.75) is 44.1 Å². The summed E-state index contributed by atoms with van der Waals surface area (Å²) in [4.78, 5) is 18.2. The maximum Gasteiger partial charge on any atom is 0.409 e. The van der Waals surface area contributed by atoms with Crippen LogP contribution in [0.5, 0.6) is 0 Å². The molecule has 1 aromatic rings. The van der Waals surface area contributed by atoms with E-state index in [1.807, 2.05) is 13.0 Å². The number of likely N-dealkylation sites (tertiary alicyclic amines) is 1. The average molecular weight is 389 g/mol. The van der Waals surface area contributed by atoms with Crippen molar-refractivity contribution in [3.63, 3.8) is 0 Å². The lowest BCUT2D eigenvalue weighted by Gasteiger charge is -2.37. The Hall–Kier alpha value is -2.28. The molecular weight excluding hydrogens is 356 g/mol. The van der Waals surface area contributed by atoms with E-state index in [-0.39, 0.29) is 17.6 Å². The number of carbonyl (C=O) groups is 1. The fraction of sp³-hybridized carbons (Fsp3) is 0.619. The van der Waals surface area contributed by atoms with Gasteiger partial charge in [0.1, 0.15) is 0 Å². The van der Waals surface area contributed by atoms with Crippen molar-refractivity contribution in [3.05, 3.63) is 35.9 Å². The van der Waals surface area contributed by atoms with Gasteiger partial charge in [-0.2, -0.15) is 0 Å². The third-order valence-corrected chi connectivity index (χ3v) is 5.76. The minimum atomic E-state index is -0.230. The minimum Gasteiger partial charge on any atom is -0.450 e. The molecular formula is C21H32N4O3. The number of benzene rings is 1. The molecule has 2 aliphatic rings. The van der Waals surface area contributed by atoms with Crippen LogP contribution in [0, 0.1) is 0 Å². The number of carbonyl (C=O) groups excluding carboxylic acids is 1. The Morgan fingerprint density at radius 1 is 1.29 bits per heavy atom. The summed E-state index contributed by atoms with van der Waals surface area (Å²) in [6.45, 7) is 5.74. The topological polar surface area (TPSA) is 89.2 Å². The molecule has 2 fully saturated rings. The number of rotatable bonds is 5. The van der Waals surface area contributed by atoms with Gasteiger partial charge in [-0.3, -0.25) is 4.99 Å². The number of aliphatic imine (C=N–C) groups is 1. The highest BCUT2D eigenvalue weighted by atomic mass is 16.6. The van der Waals surface area contributed by atoms with Crippen LogP contribution in [0.2, 0.25) is 0 Å². The second-order valence-electron chi connectivity index (χ2n) is 7.56. The Morgan fingerprint density at radius 2 is 1.96 bits per heavy atom. The minimum absolute atomic E-state index is 0.0148. The van der Waals surface area contributed by atoms with Gasteiger partial charge in [-0.25, -0.2) is 4.79 Å². The molecule has 2 saturated heterocycles. The Morgan fingerprint density at radius 3 is 2.61 bits per heavy atom. The molecule has 3 N–H and O–H groups in total. The van der Waals surface area contributed by atoms with Gasteiger partial charge in [0, 0.05) is 37.8 Å². The third kappa shape index (κ3) is 5.16.